The fourth-order valence-corrected chi connectivity index (χ4v) is 3.46. The number of benzene rings is 2. The van der Waals surface area contributed by atoms with Crippen molar-refractivity contribution in [1.82, 2.24) is 0 Å². The van der Waals surface area contributed by atoms with E-state index in [0.717, 1.165) is 0 Å². The number of fused-ring (bicyclic) bond motifs is 1. The number of esters is 2. The quantitative estimate of drug-likeness (QED) is 0.436. The van der Waals surface area contributed by atoms with E-state index in [0.29, 0.717) is 11.1 Å². The molecule has 1 saturated heterocycles. The van der Waals surface area contributed by atoms with Gasteiger partial charge in [0.05, 0.1) is 11.1 Å². The number of ether oxygens (including phenoxy) is 4. The van der Waals surface area contributed by atoms with E-state index in [1.165, 1.54) is 7.11 Å². The Morgan fingerprint density at radius 1 is 0.929 bits per heavy atom. The zero-order valence-electron chi connectivity index (χ0n) is 15.3. The Morgan fingerprint density at radius 3 is 2.14 bits per heavy atom. The lowest BCUT2D eigenvalue weighted by molar-refractivity contribution is -0.0676. The molecule has 2 aliphatic rings. The predicted octanol–water partition coefficient (Wildman–Crippen LogP) is 2.79. The SMILES string of the molecule is COC1C(OC(=O)c2ccccc2)C=CC2OC21COC(=O)c1ccccc1. The maximum atomic E-state index is 12.4. The topological polar surface area (TPSA) is 74.4 Å². The molecule has 1 fully saturated rings. The summed E-state index contributed by atoms with van der Waals surface area (Å²) < 4.78 is 22.5. The molecule has 0 saturated carbocycles. The zero-order valence-corrected chi connectivity index (χ0v) is 15.3. The van der Waals surface area contributed by atoms with E-state index in [1.54, 1.807) is 54.6 Å². The van der Waals surface area contributed by atoms with Crippen LogP contribution in [0.25, 0.3) is 0 Å². The van der Waals surface area contributed by atoms with Crippen molar-refractivity contribution in [3.05, 3.63) is 83.9 Å². The van der Waals surface area contributed by atoms with E-state index in [1.807, 2.05) is 18.2 Å². The molecule has 4 unspecified atom stereocenters. The smallest absolute Gasteiger partial charge is 0.338 e. The molecule has 0 spiro atoms. The molecule has 4 rings (SSSR count). The number of carbonyl (C=O) groups is 2. The monoisotopic (exact) mass is 380 g/mol. The van der Waals surface area contributed by atoms with Crippen LogP contribution in [0.1, 0.15) is 20.7 Å². The van der Waals surface area contributed by atoms with Crippen LogP contribution >= 0.6 is 0 Å². The summed E-state index contributed by atoms with van der Waals surface area (Å²) in [5.74, 6) is -0.890. The van der Waals surface area contributed by atoms with Crippen molar-refractivity contribution >= 4 is 11.9 Å². The van der Waals surface area contributed by atoms with Crippen LogP contribution in [-0.4, -0.2) is 49.6 Å². The molecule has 6 heteroatoms. The average molecular weight is 380 g/mol. The highest BCUT2D eigenvalue weighted by atomic mass is 16.7. The molecule has 4 atom stereocenters. The second-order valence-corrected chi connectivity index (χ2v) is 6.71. The molecule has 2 aromatic rings. The molecule has 1 heterocycles. The van der Waals surface area contributed by atoms with Gasteiger partial charge in [-0.2, -0.15) is 0 Å². The number of hydrogen-bond acceptors (Lipinski definition) is 6. The minimum Gasteiger partial charge on any atom is -0.459 e. The van der Waals surface area contributed by atoms with E-state index >= 15 is 0 Å². The van der Waals surface area contributed by atoms with Gasteiger partial charge in [-0.05, 0) is 30.3 Å². The summed E-state index contributed by atoms with van der Waals surface area (Å²) in [6.07, 6.45) is 2.09. The summed E-state index contributed by atoms with van der Waals surface area (Å²) in [6.45, 7) is 0.00757. The first kappa shape index (κ1) is 18.4. The van der Waals surface area contributed by atoms with Crippen molar-refractivity contribution in [2.75, 3.05) is 13.7 Å². The highest BCUT2D eigenvalue weighted by Crippen LogP contribution is 2.47. The molecule has 0 aromatic heterocycles. The number of carbonyl (C=O) groups excluding carboxylic acids is 2. The average Bonchev–Trinajstić information content (AvgIpc) is 3.47. The summed E-state index contributed by atoms with van der Waals surface area (Å²) in [5, 5.41) is 0. The van der Waals surface area contributed by atoms with Crippen LogP contribution in [0.3, 0.4) is 0 Å². The second kappa shape index (κ2) is 7.58. The van der Waals surface area contributed by atoms with Gasteiger partial charge < -0.3 is 18.9 Å². The Labute approximate surface area is 162 Å². The number of epoxide rings is 1. The summed E-state index contributed by atoms with van der Waals surface area (Å²) >= 11 is 0. The summed E-state index contributed by atoms with van der Waals surface area (Å²) in [6, 6.07) is 17.5. The first-order valence-electron chi connectivity index (χ1n) is 9.01. The van der Waals surface area contributed by atoms with Gasteiger partial charge in [-0.1, -0.05) is 42.5 Å². The molecule has 0 N–H and O–H groups in total. The second-order valence-electron chi connectivity index (χ2n) is 6.71. The molecule has 0 amide bonds. The van der Waals surface area contributed by atoms with Crippen molar-refractivity contribution in [2.24, 2.45) is 0 Å². The summed E-state index contributed by atoms with van der Waals surface area (Å²) in [7, 11) is 1.52. The first-order chi connectivity index (χ1) is 13.6. The van der Waals surface area contributed by atoms with Gasteiger partial charge in [-0.25, -0.2) is 9.59 Å². The van der Waals surface area contributed by atoms with E-state index in [9.17, 15) is 9.59 Å². The maximum Gasteiger partial charge on any atom is 0.338 e. The molecule has 1 aliphatic carbocycles. The Morgan fingerprint density at radius 2 is 1.54 bits per heavy atom. The third kappa shape index (κ3) is 3.44. The molecule has 0 bridgehead atoms. The van der Waals surface area contributed by atoms with Gasteiger partial charge in [0.2, 0.25) is 0 Å². The Kier molecular flexibility index (Phi) is 4.98. The minimum atomic E-state index is -0.852. The van der Waals surface area contributed by atoms with Crippen LogP contribution in [0, 0.1) is 0 Å². The van der Waals surface area contributed by atoms with Gasteiger partial charge in [0.1, 0.15) is 24.9 Å². The van der Waals surface area contributed by atoms with Crippen molar-refractivity contribution in [3.63, 3.8) is 0 Å². The van der Waals surface area contributed by atoms with Crippen LogP contribution < -0.4 is 0 Å². The van der Waals surface area contributed by atoms with Gasteiger partial charge in [-0.3, -0.25) is 0 Å². The van der Waals surface area contributed by atoms with Gasteiger partial charge >= 0.3 is 11.9 Å². The Balaban J connectivity index is 1.44. The fraction of sp³-hybridized carbons (Fsp3) is 0.273. The van der Waals surface area contributed by atoms with Crippen molar-refractivity contribution in [2.45, 2.75) is 23.9 Å². The van der Waals surface area contributed by atoms with Crippen LogP contribution in [0.4, 0.5) is 0 Å². The molecule has 28 heavy (non-hydrogen) atoms. The zero-order chi connectivity index (χ0) is 19.6. The van der Waals surface area contributed by atoms with E-state index < -0.39 is 29.7 Å². The van der Waals surface area contributed by atoms with Gasteiger partial charge in [0, 0.05) is 7.11 Å². The van der Waals surface area contributed by atoms with E-state index in [-0.39, 0.29) is 12.7 Å². The normalized spacial score (nSPS) is 27.5. The molecular formula is C22H20O6. The maximum absolute atomic E-state index is 12.4. The largest absolute Gasteiger partial charge is 0.459 e. The highest BCUT2D eigenvalue weighted by Gasteiger charge is 2.66. The van der Waals surface area contributed by atoms with Crippen LogP contribution in [0.2, 0.25) is 0 Å². The molecule has 6 nitrogen and oxygen atoms in total. The van der Waals surface area contributed by atoms with Crippen LogP contribution in [0.5, 0.6) is 0 Å². The van der Waals surface area contributed by atoms with Crippen molar-refractivity contribution in [3.8, 4) is 0 Å². The van der Waals surface area contributed by atoms with Gasteiger partial charge in [0.15, 0.2) is 5.60 Å². The molecule has 0 radical (unpaired) electrons. The third-order valence-corrected chi connectivity index (χ3v) is 4.97. The Bertz CT molecular complexity index is 878. The van der Waals surface area contributed by atoms with Gasteiger partial charge in [-0.15, -0.1) is 0 Å². The summed E-state index contributed by atoms with van der Waals surface area (Å²) in [5.41, 5.74) is 0.0629. The number of hydrogen-bond donors (Lipinski definition) is 0. The third-order valence-electron chi connectivity index (χ3n) is 4.97. The first-order valence-corrected chi connectivity index (χ1v) is 9.01. The number of methoxy groups -OCH3 is 1. The molecule has 2 aromatic carbocycles. The summed E-state index contributed by atoms with van der Waals surface area (Å²) in [4.78, 5) is 24.7. The highest BCUT2D eigenvalue weighted by molar-refractivity contribution is 5.90. The van der Waals surface area contributed by atoms with Crippen LogP contribution in [0.15, 0.2) is 72.8 Å². The lowest BCUT2D eigenvalue weighted by Crippen LogP contribution is -2.49. The predicted molar refractivity (Wildman–Crippen MR) is 99.9 cm³/mol. The van der Waals surface area contributed by atoms with E-state index in [4.69, 9.17) is 18.9 Å². The Hall–Kier alpha value is -2.96. The van der Waals surface area contributed by atoms with Crippen molar-refractivity contribution < 1.29 is 28.5 Å². The number of rotatable bonds is 6. The van der Waals surface area contributed by atoms with Crippen molar-refractivity contribution in [1.29, 1.82) is 0 Å². The van der Waals surface area contributed by atoms with E-state index in [2.05, 4.69) is 0 Å². The standard InChI is InChI=1S/C22H20O6/c1-25-19-17(27-21(24)16-10-6-3-7-11-16)12-13-18-22(19,28-18)14-26-20(23)15-8-4-2-5-9-15/h2-13,17-19H,14H2,1H3. The molecule has 1 aliphatic heterocycles. The lowest BCUT2D eigenvalue weighted by Gasteiger charge is -2.30. The lowest BCUT2D eigenvalue weighted by atomic mass is 9.89. The van der Waals surface area contributed by atoms with Gasteiger partial charge in [0.25, 0.3) is 0 Å². The minimum absolute atomic E-state index is 0.00757. The van der Waals surface area contributed by atoms with Crippen LogP contribution in [-0.2, 0) is 18.9 Å². The molecular weight excluding hydrogens is 360 g/mol. The fourth-order valence-electron chi connectivity index (χ4n) is 3.46. The molecule has 144 valence electrons.